The number of aryl methyl sites for hydroxylation is 2. The Morgan fingerprint density at radius 3 is 2.72 bits per heavy atom. The second kappa shape index (κ2) is 7.82. The van der Waals surface area contributed by atoms with Crippen LogP contribution in [0.1, 0.15) is 17.5 Å². The molecule has 0 aliphatic heterocycles. The molecular formula is C13H19ClN2O2. The third-order valence-electron chi connectivity index (χ3n) is 2.55. The maximum Gasteiger partial charge on any atom is 0.317 e. The first-order valence-electron chi connectivity index (χ1n) is 5.91. The predicted octanol–water partition coefficient (Wildman–Crippen LogP) is 2.57. The Bertz CT molecular complexity index is 397. The van der Waals surface area contributed by atoms with Gasteiger partial charge < -0.3 is 15.4 Å². The van der Waals surface area contributed by atoms with E-state index in [-0.39, 0.29) is 12.8 Å². The van der Waals surface area contributed by atoms with Crippen molar-refractivity contribution in [3.63, 3.8) is 0 Å². The maximum atomic E-state index is 11.3. The number of rotatable bonds is 6. The second-order valence-corrected chi connectivity index (χ2v) is 4.39. The highest BCUT2D eigenvalue weighted by molar-refractivity contribution is 6.17. The molecule has 0 unspecified atom stereocenters. The topological polar surface area (TPSA) is 50.4 Å². The van der Waals surface area contributed by atoms with Crippen LogP contribution in [-0.2, 0) is 0 Å². The highest BCUT2D eigenvalue weighted by Gasteiger charge is 2.00. The summed E-state index contributed by atoms with van der Waals surface area (Å²) in [5.41, 5.74) is 2.38. The highest BCUT2D eigenvalue weighted by Crippen LogP contribution is 2.15. The molecule has 0 spiro atoms. The van der Waals surface area contributed by atoms with E-state index in [0.29, 0.717) is 12.4 Å². The van der Waals surface area contributed by atoms with E-state index < -0.39 is 0 Å². The fourth-order valence-electron chi connectivity index (χ4n) is 1.32. The number of carbonyl (C=O) groups excluding carboxylic acids is 1. The standard InChI is InChI=1S/C13H19ClN2O2/c1-10-4-5-12(8-11(10)2)18-9-16-13(17)15-7-3-6-14/h4-5,8H,3,6-7,9H2,1-2H3,(H2,15,16,17). The molecule has 1 aromatic carbocycles. The van der Waals surface area contributed by atoms with Crippen LogP contribution >= 0.6 is 11.6 Å². The monoisotopic (exact) mass is 270 g/mol. The molecule has 0 bridgehead atoms. The van der Waals surface area contributed by atoms with Gasteiger partial charge in [-0.3, -0.25) is 0 Å². The predicted molar refractivity (Wildman–Crippen MR) is 73.3 cm³/mol. The molecule has 0 fully saturated rings. The summed E-state index contributed by atoms with van der Waals surface area (Å²) in [5.74, 6) is 1.29. The number of ether oxygens (including phenoxy) is 1. The van der Waals surface area contributed by atoms with Crippen LogP contribution in [0.2, 0.25) is 0 Å². The second-order valence-electron chi connectivity index (χ2n) is 4.01. The van der Waals surface area contributed by atoms with E-state index in [2.05, 4.69) is 10.6 Å². The zero-order valence-corrected chi connectivity index (χ0v) is 11.5. The fourth-order valence-corrected chi connectivity index (χ4v) is 1.45. The first-order chi connectivity index (χ1) is 8.63. The van der Waals surface area contributed by atoms with Crippen molar-refractivity contribution in [2.24, 2.45) is 0 Å². The highest BCUT2D eigenvalue weighted by atomic mass is 35.5. The maximum absolute atomic E-state index is 11.3. The molecule has 2 N–H and O–H groups in total. The normalized spacial score (nSPS) is 9.94. The van der Waals surface area contributed by atoms with Gasteiger partial charge in [0.25, 0.3) is 0 Å². The first-order valence-corrected chi connectivity index (χ1v) is 6.44. The molecule has 100 valence electrons. The van der Waals surface area contributed by atoms with Crippen molar-refractivity contribution in [3.05, 3.63) is 29.3 Å². The molecule has 5 heteroatoms. The van der Waals surface area contributed by atoms with E-state index in [0.717, 1.165) is 12.2 Å². The number of urea groups is 1. The molecule has 4 nitrogen and oxygen atoms in total. The average Bonchev–Trinajstić information content (AvgIpc) is 2.34. The van der Waals surface area contributed by atoms with Gasteiger partial charge in [0.1, 0.15) is 5.75 Å². The number of benzene rings is 1. The fraction of sp³-hybridized carbons (Fsp3) is 0.462. The lowest BCUT2D eigenvalue weighted by atomic mass is 10.1. The summed E-state index contributed by atoms with van der Waals surface area (Å²) in [6.45, 7) is 4.78. The van der Waals surface area contributed by atoms with E-state index >= 15 is 0 Å². The number of amides is 2. The van der Waals surface area contributed by atoms with Gasteiger partial charge in [-0.2, -0.15) is 0 Å². The Morgan fingerprint density at radius 1 is 1.28 bits per heavy atom. The van der Waals surface area contributed by atoms with Crippen LogP contribution < -0.4 is 15.4 Å². The Hall–Kier alpha value is -1.42. The minimum absolute atomic E-state index is 0.148. The average molecular weight is 271 g/mol. The van der Waals surface area contributed by atoms with Crippen LogP contribution in [0, 0.1) is 13.8 Å². The van der Waals surface area contributed by atoms with Crippen molar-refractivity contribution in [1.29, 1.82) is 0 Å². The van der Waals surface area contributed by atoms with E-state index in [1.54, 1.807) is 0 Å². The van der Waals surface area contributed by atoms with Crippen LogP contribution in [0.4, 0.5) is 4.79 Å². The van der Waals surface area contributed by atoms with Gasteiger partial charge in [-0.25, -0.2) is 4.79 Å². The van der Waals surface area contributed by atoms with Crippen molar-refractivity contribution >= 4 is 17.6 Å². The first kappa shape index (κ1) is 14.6. The molecular weight excluding hydrogens is 252 g/mol. The Morgan fingerprint density at radius 2 is 2.06 bits per heavy atom. The molecule has 0 saturated heterocycles. The summed E-state index contributed by atoms with van der Waals surface area (Å²) < 4.78 is 5.42. The van der Waals surface area contributed by atoms with Gasteiger partial charge in [0.2, 0.25) is 0 Å². The summed E-state index contributed by atoms with van der Waals surface area (Å²) in [4.78, 5) is 11.3. The van der Waals surface area contributed by atoms with Gasteiger partial charge >= 0.3 is 6.03 Å². The molecule has 1 aromatic rings. The van der Waals surface area contributed by atoms with Crippen molar-refractivity contribution in [3.8, 4) is 5.75 Å². The lowest BCUT2D eigenvalue weighted by Gasteiger charge is -2.10. The minimum Gasteiger partial charge on any atom is -0.473 e. The number of alkyl halides is 1. The summed E-state index contributed by atoms with van der Waals surface area (Å²) in [6, 6.07) is 5.58. The summed E-state index contributed by atoms with van der Waals surface area (Å²) in [5, 5.41) is 5.28. The molecule has 0 atom stereocenters. The smallest absolute Gasteiger partial charge is 0.317 e. The van der Waals surface area contributed by atoms with Crippen LogP contribution in [0.5, 0.6) is 5.75 Å². The number of carbonyl (C=O) groups is 1. The van der Waals surface area contributed by atoms with Crippen LogP contribution in [0.3, 0.4) is 0 Å². The SMILES string of the molecule is Cc1ccc(OCNC(=O)NCCCCl)cc1C. The van der Waals surface area contributed by atoms with Gasteiger partial charge in [0, 0.05) is 12.4 Å². The Balaban J connectivity index is 2.24. The zero-order chi connectivity index (χ0) is 13.4. The number of nitrogens with one attached hydrogen (secondary N) is 2. The third kappa shape index (κ3) is 5.27. The molecule has 18 heavy (non-hydrogen) atoms. The van der Waals surface area contributed by atoms with Gasteiger partial charge in [-0.05, 0) is 43.5 Å². The number of hydrogen-bond donors (Lipinski definition) is 2. The van der Waals surface area contributed by atoms with Crippen molar-refractivity contribution in [2.75, 3.05) is 19.2 Å². The lowest BCUT2D eigenvalue weighted by Crippen LogP contribution is -2.38. The van der Waals surface area contributed by atoms with Crippen molar-refractivity contribution in [2.45, 2.75) is 20.3 Å². The molecule has 0 heterocycles. The van der Waals surface area contributed by atoms with Crippen LogP contribution in [0.15, 0.2) is 18.2 Å². The summed E-state index contributed by atoms with van der Waals surface area (Å²) >= 11 is 5.50. The third-order valence-corrected chi connectivity index (χ3v) is 2.81. The number of hydrogen-bond acceptors (Lipinski definition) is 2. The molecule has 0 saturated carbocycles. The van der Waals surface area contributed by atoms with Gasteiger partial charge in [0.05, 0.1) is 0 Å². The molecule has 1 rings (SSSR count). The van der Waals surface area contributed by atoms with Crippen molar-refractivity contribution in [1.82, 2.24) is 10.6 Å². The quantitative estimate of drug-likeness (QED) is 0.474. The Labute approximate surface area is 113 Å². The largest absolute Gasteiger partial charge is 0.473 e. The van der Waals surface area contributed by atoms with Crippen LogP contribution in [-0.4, -0.2) is 25.2 Å². The van der Waals surface area contributed by atoms with E-state index in [4.69, 9.17) is 16.3 Å². The summed E-state index contributed by atoms with van der Waals surface area (Å²) in [7, 11) is 0. The molecule has 2 amide bonds. The van der Waals surface area contributed by atoms with Gasteiger partial charge in [0.15, 0.2) is 6.73 Å². The Kier molecular flexibility index (Phi) is 6.36. The van der Waals surface area contributed by atoms with Gasteiger partial charge in [-0.1, -0.05) is 6.07 Å². The molecule has 0 aromatic heterocycles. The summed E-state index contributed by atoms with van der Waals surface area (Å²) in [6.07, 6.45) is 0.757. The van der Waals surface area contributed by atoms with Crippen molar-refractivity contribution < 1.29 is 9.53 Å². The van der Waals surface area contributed by atoms with E-state index in [1.165, 1.54) is 11.1 Å². The minimum atomic E-state index is -0.246. The lowest BCUT2D eigenvalue weighted by molar-refractivity contribution is 0.224. The molecule has 0 aliphatic rings. The van der Waals surface area contributed by atoms with E-state index in [9.17, 15) is 4.79 Å². The van der Waals surface area contributed by atoms with Gasteiger partial charge in [-0.15, -0.1) is 11.6 Å². The molecule has 0 radical (unpaired) electrons. The molecule has 0 aliphatic carbocycles. The van der Waals surface area contributed by atoms with E-state index in [1.807, 2.05) is 32.0 Å². The number of halogens is 1. The zero-order valence-electron chi connectivity index (χ0n) is 10.8. The van der Waals surface area contributed by atoms with Crippen LogP contribution in [0.25, 0.3) is 0 Å².